The number of aromatic hydroxyl groups is 1. The molecule has 1 aromatic rings. The summed E-state index contributed by atoms with van der Waals surface area (Å²) in [5.41, 5.74) is 0.886. The Morgan fingerprint density at radius 2 is 1.72 bits per heavy atom. The Hall–Kier alpha value is -1.84. The van der Waals surface area contributed by atoms with Crippen LogP contribution in [-0.2, 0) is 9.59 Å². The van der Waals surface area contributed by atoms with E-state index in [4.69, 9.17) is 0 Å². The lowest BCUT2D eigenvalue weighted by Crippen LogP contribution is -2.46. The predicted molar refractivity (Wildman–Crippen MR) is 68.4 cm³/mol. The molecule has 2 rings (SSSR count). The molecule has 0 radical (unpaired) electrons. The van der Waals surface area contributed by atoms with Gasteiger partial charge in [0, 0.05) is 18.9 Å². The molecule has 0 spiro atoms. The van der Waals surface area contributed by atoms with Crippen LogP contribution in [0.3, 0.4) is 0 Å². The maximum atomic E-state index is 12.0. The fourth-order valence-electron chi connectivity index (χ4n) is 2.20. The van der Waals surface area contributed by atoms with E-state index in [1.807, 2.05) is 13.8 Å². The Morgan fingerprint density at radius 1 is 1.17 bits per heavy atom. The number of nitrogens with zero attached hydrogens (tertiary/aromatic N) is 1. The Morgan fingerprint density at radius 3 is 2.22 bits per heavy atom. The Kier molecular flexibility index (Phi) is 2.89. The monoisotopic (exact) mass is 247 g/mol. The molecule has 0 saturated carbocycles. The van der Waals surface area contributed by atoms with Crippen molar-refractivity contribution in [2.24, 2.45) is 5.41 Å². The summed E-state index contributed by atoms with van der Waals surface area (Å²) in [6.45, 7) is 5.58. The lowest BCUT2D eigenvalue weighted by atomic mass is 9.81. The Labute approximate surface area is 106 Å². The van der Waals surface area contributed by atoms with Crippen molar-refractivity contribution < 1.29 is 14.7 Å². The van der Waals surface area contributed by atoms with Crippen LogP contribution in [-0.4, -0.2) is 16.9 Å². The third kappa shape index (κ3) is 2.23. The second kappa shape index (κ2) is 4.12. The molecular formula is C14H17NO3. The lowest BCUT2D eigenvalue weighted by molar-refractivity contribution is -0.132. The standard InChI is InChI=1S/C14H17NO3/c1-9-4-5-10(6-11(9)16)15-12(17)7-14(2,3)8-13(15)18/h4-6,16H,7-8H2,1-3H3. The molecule has 1 N–H and O–H groups in total. The minimum atomic E-state index is -0.280. The lowest BCUT2D eigenvalue weighted by Gasteiger charge is -2.34. The average molecular weight is 247 g/mol. The number of imide groups is 1. The molecule has 0 aromatic heterocycles. The summed E-state index contributed by atoms with van der Waals surface area (Å²) in [7, 11) is 0. The fraction of sp³-hybridized carbons (Fsp3) is 0.429. The number of carbonyl (C=O) groups is 2. The number of benzene rings is 1. The number of phenols is 1. The van der Waals surface area contributed by atoms with E-state index in [0.717, 1.165) is 5.56 Å². The van der Waals surface area contributed by atoms with Gasteiger partial charge in [-0.05, 0) is 24.0 Å². The van der Waals surface area contributed by atoms with Gasteiger partial charge in [-0.25, -0.2) is 0 Å². The Balaban J connectivity index is 2.36. The van der Waals surface area contributed by atoms with Crippen LogP contribution in [0.15, 0.2) is 18.2 Å². The number of phenolic OH excluding ortho intramolecular Hbond substituents is 1. The minimum absolute atomic E-state index is 0.0953. The maximum absolute atomic E-state index is 12.0. The minimum Gasteiger partial charge on any atom is -0.508 e. The van der Waals surface area contributed by atoms with E-state index in [1.165, 1.54) is 11.0 Å². The molecule has 1 heterocycles. The highest BCUT2D eigenvalue weighted by Gasteiger charge is 2.38. The zero-order valence-corrected chi connectivity index (χ0v) is 10.9. The molecule has 2 amide bonds. The average Bonchev–Trinajstić information content (AvgIpc) is 2.20. The number of aryl methyl sites for hydroxylation is 1. The van der Waals surface area contributed by atoms with E-state index in [9.17, 15) is 14.7 Å². The van der Waals surface area contributed by atoms with Crippen molar-refractivity contribution in [2.45, 2.75) is 33.6 Å². The molecule has 1 aliphatic rings. The number of piperidine rings is 1. The first kappa shape index (κ1) is 12.6. The van der Waals surface area contributed by atoms with Crippen molar-refractivity contribution in [1.29, 1.82) is 0 Å². The van der Waals surface area contributed by atoms with E-state index in [-0.39, 0.29) is 23.0 Å². The van der Waals surface area contributed by atoms with Crippen LogP contribution < -0.4 is 4.90 Å². The van der Waals surface area contributed by atoms with E-state index < -0.39 is 0 Å². The molecule has 0 unspecified atom stereocenters. The highest BCUT2D eigenvalue weighted by Crippen LogP contribution is 2.35. The van der Waals surface area contributed by atoms with Crippen LogP contribution >= 0.6 is 0 Å². The van der Waals surface area contributed by atoms with E-state index in [0.29, 0.717) is 18.5 Å². The molecule has 1 aromatic carbocycles. The second-order valence-corrected chi connectivity index (χ2v) is 5.61. The van der Waals surface area contributed by atoms with Crippen LogP contribution in [0.4, 0.5) is 5.69 Å². The van der Waals surface area contributed by atoms with Crippen molar-refractivity contribution in [3.8, 4) is 5.75 Å². The van der Waals surface area contributed by atoms with Gasteiger partial charge in [0.05, 0.1) is 5.69 Å². The van der Waals surface area contributed by atoms with Crippen molar-refractivity contribution in [1.82, 2.24) is 0 Å². The summed E-state index contributed by atoms with van der Waals surface area (Å²) < 4.78 is 0. The topological polar surface area (TPSA) is 57.6 Å². The molecule has 4 nitrogen and oxygen atoms in total. The van der Waals surface area contributed by atoms with E-state index in [2.05, 4.69) is 0 Å². The van der Waals surface area contributed by atoms with Crippen LogP contribution in [0, 0.1) is 12.3 Å². The number of anilines is 1. The smallest absolute Gasteiger partial charge is 0.234 e. The number of hydrogen-bond acceptors (Lipinski definition) is 3. The van der Waals surface area contributed by atoms with Gasteiger partial charge in [0.2, 0.25) is 11.8 Å². The number of hydrogen-bond donors (Lipinski definition) is 1. The zero-order valence-electron chi connectivity index (χ0n) is 10.9. The molecule has 1 aliphatic heterocycles. The summed E-state index contributed by atoms with van der Waals surface area (Å²) in [4.78, 5) is 25.3. The normalized spacial score (nSPS) is 19.2. The van der Waals surface area contributed by atoms with Gasteiger partial charge in [-0.3, -0.25) is 14.5 Å². The van der Waals surface area contributed by atoms with Crippen LogP contribution in [0.1, 0.15) is 32.3 Å². The first-order valence-electron chi connectivity index (χ1n) is 5.95. The summed E-state index contributed by atoms with van der Waals surface area (Å²) in [5.74, 6) is -0.322. The Bertz CT molecular complexity index is 500. The molecule has 1 fully saturated rings. The molecule has 18 heavy (non-hydrogen) atoms. The summed E-state index contributed by atoms with van der Waals surface area (Å²) >= 11 is 0. The first-order valence-corrected chi connectivity index (χ1v) is 5.95. The van der Waals surface area contributed by atoms with Gasteiger partial charge in [-0.15, -0.1) is 0 Å². The number of carbonyl (C=O) groups excluding carboxylic acids is 2. The SMILES string of the molecule is Cc1ccc(N2C(=O)CC(C)(C)CC2=O)cc1O. The van der Waals surface area contributed by atoms with E-state index >= 15 is 0 Å². The molecule has 96 valence electrons. The van der Waals surface area contributed by atoms with Gasteiger partial charge < -0.3 is 5.11 Å². The van der Waals surface area contributed by atoms with Gasteiger partial charge in [-0.1, -0.05) is 19.9 Å². The van der Waals surface area contributed by atoms with E-state index in [1.54, 1.807) is 19.1 Å². The molecule has 0 bridgehead atoms. The second-order valence-electron chi connectivity index (χ2n) is 5.61. The van der Waals surface area contributed by atoms with Crippen LogP contribution in [0.2, 0.25) is 0 Å². The quantitative estimate of drug-likeness (QED) is 0.775. The molecule has 1 saturated heterocycles. The van der Waals surface area contributed by atoms with Gasteiger partial charge >= 0.3 is 0 Å². The first-order chi connectivity index (χ1) is 8.30. The summed E-state index contributed by atoms with van der Waals surface area (Å²) in [6.07, 6.45) is 0.681. The summed E-state index contributed by atoms with van der Waals surface area (Å²) in [6, 6.07) is 4.84. The third-order valence-electron chi connectivity index (χ3n) is 3.21. The van der Waals surface area contributed by atoms with Gasteiger partial charge in [0.15, 0.2) is 0 Å². The van der Waals surface area contributed by atoms with Crippen molar-refractivity contribution in [3.05, 3.63) is 23.8 Å². The van der Waals surface area contributed by atoms with Crippen molar-refractivity contribution >= 4 is 17.5 Å². The molecule has 0 atom stereocenters. The maximum Gasteiger partial charge on any atom is 0.234 e. The largest absolute Gasteiger partial charge is 0.508 e. The molecular weight excluding hydrogens is 230 g/mol. The highest BCUT2D eigenvalue weighted by atomic mass is 16.3. The molecule has 0 aliphatic carbocycles. The highest BCUT2D eigenvalue weighted by molar-refractivity contribution is 6.17. The number of rotatable bonds is 1. The van der Waals surface area contributed by atoms with Crippen LogP contribution in [0.5, 0.6) is 5.75 Å². The van der Waals surface area contributed by atoms with Gasteiger partial charge in [0.25, 0.3) is 0 Å². The van der Waals surface area contributed by atoms with Gasteiger partial charge in [-0.2, -0.15) is 0 Å². The fourth-order valence-corrected chi connectivity index (χ4v) is 2.20. The molecule has 4 heteroatoms. The van der Waals surface area contributed by atoms with Crippen molar-refractivity contribution in [2.75, 3.05) is 4.90 Å². The van der Waals surface area contributed by atoms with Crippen molar-refractivity contribution in [3.63, 3.8) is 0 Å². The zero-order chi connectivity index (χ0) is 13.5. The van der Waals surface area contributed by atoms with Gasteiger partial charge in [0.1, 0.15) is 5.75 Å². The predicted octanol–water partition coefficient (Wildman–Crippen LogP) is 2.38. The summed E-state index contributed by atoms with van der Waals surface area (Å²) in [5, 5.41) is 9.66. The van der Waals surface area contributed by atoms with Crippen LogP contribution in [0.25, 0.3) is 0 Å². The third-order valence-corrected chi connectivity index (χ3v) is 3.21. The number of amides is 2.